The van der Waals surface area contributed by atoms with Crippen molar-refractivity contribution in [3.63, 3.8) is 0 Å². The summed E-state index contributed by atoms with van der Waals surface area (Å²) in [5, 5.41) is 7.95. The molecule has 0 unspecified atom stereocenters. The van der Waals surface area contributed by atoms with Crippen molar-refractivity contribution in [3.05, 3.63) is 36.6 Å². The van der Waals surface area contributed by atoms with Gasteiger partial charge in [0, 0.05) is 5.56 Å². The van der Waals surface area contributed by atoms with Crippen LogP contribution in [0.2, 0.25) is 0 Å². The van der Waals surface area contributed by atoms with E-state index < -0.39 is 0 Å². The maximum absolute atomic E-state index is 5.57. The Morgan fingerprint density at radius 1 is 0.950 bits per heavy atom. The van der Waals surface area contributed by atoms with Crippen LogP contribution in [0, 0.1) is 0 Å². The smallest absolute Gasteiger partial charge is 0.283 e. The van der Waals surface area contributed by atoms with Gasteiger partial charge in [0.15, 0.2) is 17.3 Å². The summed E-state index contributed by atoms with van der Waals surface area (Å²) in [5.74, 6) is 2.49. The fourth-order valence-electron chi connectivity index (χ4n) is 1.81. The van der Waals surface area contributed by atoms with Crippen LogP contribution in [0.4, 0.5) is 0 Å². The minimum atomic E-state index is 0.333. The van der Waals surface area contributed by atoms with Gasteiger partial charge in [0.25, 0.3) is 5.89 Å². The molecule has 2 aromatic heterocycles. The van der Waals surface area contributed by atoms with E-state index in [2.05, 4.69) is 10.2 Å². The normalized spacial score (nSPS) is 10.5. The Morgan fingerprint density at radius 3 is 2.45 bits per heavy atom. The van der Waals surface area contributed by atoms with Gasteiger partial charge in [-0.15, -0.1) is 10.2 Å². The van der Waals surface area contributed by atoms with Gasteiger partial charge in [0.2, 0.25) is 5.89 Å². The molecule has 0 amide bonds. The number of furan rings is 1. The number of aromatic nitrogens is 2. The van der Waals surface area contributed by atoms with Crippen molar-refractivity contribution in [2.45, 2.75) is 0 Å². The van der Waals surface area contributed by atoms with Crippen LogP contribution in [-0.4, -0.2) is 24.4 Å². The number of methoxy groups -OCH3 is 2. The number of rotatable bonds is 4. The zero-order valence-corrected chi connectivity index (χ0v) is 11.0. The molecule has 1 aromatic carbocycles. The van der Waals surface area contributed by atoms with Gasteiger partial charge in [-0.25, -0.2) is 0 Å². The highest BCUT2D eigenvalue weighted by atomic mass is 16.5. The first-order valence-corrected chi connectivity index (χ1v) is 5.91. The van der Waals surface area contributed by atoms with E-state index in [-0.39, 0.29) is 0 Å². The predicted molar refractivity (Wildman–Crippen MR) is 70.5 cm³/mol. The molecular formula is C14H12N2O4. The molecule has 0 bridgehead atoms. The van der Waals surface area contributed by atoms with E-state index in [1.165, 1.54) is 0 Å². The monoisotopic (exact) mass is 272 g/mol. The van der Waals surface area contributed by atoms with Gasteiger partial charge in [0.05, 0.1) is 20.5 Å². The van der Waals surface area contributed by atoms with E-state index >= 15 is 0 Å². The Balaban J connectivity index is 1.97. The Kier molecular flexibility index (Phi) is 3.12. The molecule has 2 heterocycles. The molecule has 3 rings (SSSR count). The van der Waals surface area contributed by atoms with Crippen LogP contribution >= 0.6 is 0 Å². The molecular weight excluding hydrogens is 260 g/mol. The first-order valence-electron chi connectivity index (χ1n) is 5.91. The molecule has 3 aromatic rings. The van der Waals surface area contributed by atoms with E-state index in [4.69, 9.17) is 18.3 Å². The van der Waals surface area contributed by atoms with Crippen molar-refractivity contribution >= 4 is 0 Å². The van der Waals surface area contributed by atoms with Crippen molar-refractivity contribution in [3.8, 4) is 34.6 Å². The molecule has 0 aliphatic carbocycles. The highest BCUT2D eigenvalue weighted by Crippen LogP contribution is 2.32. The molecule has 0 saturated carbocycles. The van der Waals surface area contributed by atoms with Gasteiger partial charge >= 0.3 is 0 Å². The molecule has 0 fully saturated rings. The van der Waals surface area contributed by atoms with Crippen molar-refractivity contribution in [1.82, 2.24) is 10.2 Å². The average Bonchev–Trinajstić information content (AvgIpc) is 3.16. The Labute approximate surface area is 114 Å². The van der Waals surface area contributed by atoms with E-state index in [1.807, 2.05) is 6.07 Å². The van der Waals surface area contributed by atoms with Crippen LogP contribution in [0.3, 0.4) is 0 Å². The van der Waals surface area contributed by atoms with Crippen LogP contribution in [0.1, 0.15) is 0 Å². The van der Waals surface area contributed by atoms with Crippen LogP contribution in [0.15, 0.2) is 45.4 Å². The highest BCUT2D eigenvalue weighted by molar-refractivity contribution is 5.60. The standard InChI is InChI=1S/C14H12N2O4/c1-17-10-6-5-9(8-12(10)18-2)13-15-16-14(20-13)11-4-3-7-19-11/h3-8H,1-2H3. The summed E-state index contributed by atoms with van der Waals surface area (Å²) in [7, 11) is 3.16. The first-order chi connectivity index (χ1) is 9.81. The molecule has 0 atom stereocenters. The summed E-state index contributed by atoms with van der Waals surface area (Å²) >= 11 is 0. The van der Waals surface area contributed by atoms with Crippen molar-refractivity contribution in [1.29, 1.82) is 0 Å². The largest absolute Gasteiger partial charge is 0.493 e. The molecule has 0 aliphatic heterocycles. The molecule has 0 saturated heterocycles. The molecule has 0 spiro atoms. The second-order valence-electron chi connectivity index (χ2n) is 3.96. The Hall–Kier alpha value is -2.76. The van der Waals surface area contributed by atoms with E-state index in [0.29, 0.717) is 29.0 Å². The Bertz CT molecular complexity index is 704. The van der Waals surface area contributed by atoms with Crippen molar-refractivity contribution in [2.24, 2.45) is 0 Å². The van der Waals surface area contributed by atoms with Gasteiger partial charge < -0.3 is 18.3 Å². The molecule has 0 radical (unpaired) electrons. The SMILES string of the molecule is COc1ccc(-c2nnc(-c3ccco3)o2)cc1OC. The zero-order chi connectivity index (χ0) is 13.9. The van der Waals surface area contributed by atoms with E-state index in [1.54, 1.807) is 44.7 Å². The lowest BCUT2D eigenvalue weighted by Gasteiger charge is -2.07. The maximum Gasteiger partial charge on any atom is 0.283 e. The molecule has 20 heavy (non-hydrogen) atoms. The molecule has 6 nitrogen and oxygen atoms in total. The molecule has 102 valence electrons. The minimum Gasteiger partial charge on any atom is -0.493 e. The number of hydrogen-bond acceptors (Lipinski definition) is 6. The predicted octanol–water partition coefficient (Wildman–Crippen LogP) is 3.01. The van der Waals surface area contributed by atoms with Gasteiger partial charge in [-0.3, -0.25) is 0 Å². The van der Waals surface area contributed by atoms with Gasteiger partial charge in [-0.05, 0) is 30.3 Å². The Morgan fingerprint density at radius 2 is 1.75 bits per heavy atom. The molecule has 6 heteroatoms. The van der Waals surface area contributed by atoms with Crippen LogP contribution < -0.4 is 9.47 Å². The maximum atomic E-state index is 5.57. The third-order valence-corrected chi connectivity index (χ3v) is 2.79. The summed E-state index contributed by atoms with van der Waals surface area (Å²) in [4.78, 5) is 0. The summed E-state index contributed by atoms with van der Waals surface area (Å²) in [6, 6.07) is 8.89. The molecule has 0 aliphatic rings. The third kappa shape index (κ3) is 2.11. The minimum absolute atomic E-state index is 0.333. The van der Waals surface area contributed by atoms with Crippen LogP contribution in [0.25, 0.3) is 23.1 Å². The van der Waals surface area contributed by atoms with Crippen LogP contribution in [0.5, 0.6) is 11.5 Å². The van der Waals surface area contributed by atoms with Gasteiger partial charge in [0.1, 0.15) is 0 Å². The number of ether oxygens (including phenoxy) is 2. The average molecular weight is 272 g/mol. The number of benzene rings is 1. The topological polar surface area (TPSA) is 70.5 Å². The number of nitrogens with zero attached hydrogens (tertiary/aromatic N) is 2. The lowest BCUT2D eigenvalue weighted by molar-refractivity contribution is 0.355. The summed E-state index contributed by atoms with van der Waals surface area (Å²) in [6.45, 7) is 0. The second-order valence-corrected chi connectivity index (χ2v) is 3.96. The second kappa shape index (κ2) is 5.08. The summed E-state index contributed by atoms with van der Waals surface area (Å²) in [6.07, 6.45) is 1.55. The van der Waals surface area contributed by atoms with Crippen LogP contribution in [-0.2, 0) is 0 Å². The van der Waals surface area contributed by atoms with Crippen molar-refractivity contribution < 1.29 is 18.3 Å². The fraction of sp³-hybridized carbons (Fsp3) is 0.143. The number of hydrogen-bond donors (Lipinski definition) is 0. The van der Waals surface area contributed by atoms with Gasteiger partial charge in [-0.2, -0.15) is 0 Å². The summed E-state index contributed by atoms with van der Waals surface area (Å²) < 4.78 is 21.2. The molecule has 0 N–H and O–H groups in total. The highest BCUT2D eigenvalue weighted by Gasteiger charge is 2.14. The lowest BCUT2D eigenvalue weighted by Crippen LogP contribution is -1.90. The third-order valence-electron chi connectivity index (χ3n) is 2.79. The van der Waals surface area contributed by atoms with Gasteiger partial charge in [-0.1, -0.05) is 0 Å². The first kappa shape index (κ1) is 12.3. The zero-order valence-electron chi connectivity index (χ0n) is 11.0. The summed E-state index contributed by atoms with van der Waals surface area (Å²) in [5.41, 5.74) is 0.743. The lowest BCUT2D eigenvalue weighted by atomic mass is 10.2. The fourth-order valence-corrected chi connectivity index (χ4v) is 1.81. The van der Waals surface area contributed by atoms with E-state index in [9.17, 15) is 0 Å². The van der Waals surface area contributed by atoms with E-state index in [0.717, 1.165) is 5.56 Å². The van der Waals surface area contributed by atoms with Crippen molar-refractivity contribution in [2.75, 3.05) is 14.2 Å². The quantitative estimate of drug-likeness (QED) is 0.727.